The lowest BCUT2D eigenvalue weighted by Gasteiger charge is -2.32. The summed E-state index contributed by atoms with van der Waals surface area (Å²) in [5, 5.41) is 6.07. The summed E-state index contributed by atoms with van der Waals surface area (Å²) in [6.45, 7) is 0. The summed E-state index contributed by atoms with van der Waals surface area (Å²) in [6.07, 6.45) is 2.84. The van der Waals surface area contributed by atoms with Crippen molar-refractivity contribution in [1.82, 2.24) is 10.3 Å². The number of thiocarbonyl (C=S) groups is 1. The van der Waals surface area contributed by atoms with E-state index in [2.05, 4.69) is 15.6 Å². The lowest BCUT2D eigenvalue weighted by atomic mass is 9.89. The number of anilines is 1. The number of hydrogen-bond donors (Lipinski definition) is 2. The standard InChI is InChI=1S/C18H17ClF3N3S/c19-15-6-5-13(10-14(15)18(20,21)22)24-16(26)25-17(7-1-2-8-17)12-4-3-9-23-11-12/h3-6,9-11H,1-2,7-8H2,(H2,24,25,26). The third-order valence-electron chi connectivity index (χ3n) is 4.55. The van der Waals surface area contributed by atoms with Crippen molar-refractivity contribution in [3.8, 4) is 0 Å². The van der Waals surface area contributed by atoms with Gasteiger partial charge in [-0.2, -0.15) is 13.2 Å². The minimum absolute atomic E-state index is 0.235. The first-order chi connectivity index (χ1) is 12.3. The maximum Gasteiger partial charge on any atom is 0.417 e. The number of aromatic nitrogens is 1. The first kappa shape index (κ1) is 18.9. The Morgan fingerprint density at radius 3 is 2.54 bits per heavy atom. The van der Waals surface area contributed by atoms with E-state index in [1.54, 1.807) is 12.4 Å². The highest BCUT2D eigenvalue weighted by Crippen LogP contribution is 2.39. The minimum Gasteiger partial charge on any atom is -0.353 e. The van der Waals surface area contributed by atoms with Crippen LogP contribution in [-0.2, 0) is 11.7 Å². The van der Waals surface area contributed by atoms with Gasteiger partial charge in [0.2, 0.25) is 0 Å². The molecule has 2 N–H and O–H groups in total. The molecular weight excluding hydrogens is 383 g/mol. The van der Waals surface area contributed by atoms with Gasteiger partial charge in [0.25, 0.3) is 0 Å². The lowest BCUT2D eigenvalue weighted by molar-refractivity contribution is -0.137. The van der Waals surface area contributed by atoms with Crippen LogP contribution in [0.3, 0.4) is 0 Å². The zero-order valence-corrected chi connectivity index (χ0v) is 15.3. The van der Waals surface area contributed by atoms with Crippen LogP contribution in [0.2, 0.25) is 5.02 Å². The highest BCUT2D eigenvalue weighted by atomic mass is 35.5. The summed E-state index contributed by atoms with van der Waals surface area (Å²) < 4.78 is 39.0. The summed E-state index contributed by atoms with van der Waals surface area (Å²) >= 11 is 11.0. The molecule has 0 radical (unpaired) electrons. The van der Waals surface area contributed by atoms with E-state index < -0.39 is 11.7 Å². The van der Waals surface area contributed by atoms with Crippen LogP contribution in [0.25, 0.3) is 0 Å². The van der Waals surface area contributed by atoms with E-state index in [-0.39, 0.29) is 21.4 Å². The Hall–Kier alpha value is -1.86. The van der Waals surface area contributed by atoms with Gasteiger partial charge in [0.05, 0.1) is 16.1 Å². The van der Waals surface area contributed by atoms with Crippen molar-refractivity contribution in [2.45, 2.75) is 37.4 Å². The lowest BCUT2D eigenvalue weighted by Crippen LogP contribution is -2.45. The van der Waals surface area contributed by atoms with Crippen molar-refractivity contribution in [2.75, 3.05) is 5.32 Å². The molecule has 1 fully saturated rings. The number of halogens is 4. The molecule has 1 aromatic heterocycles. The van der Waals surface area contributed by atoms with Gasteiger partial charge in [-0.1, -0.05) is 30.5 Å². The van der Waals surface area contributed by atoms with Gasteiger partial charge >= 0.3 is 6.18 Å². The van der Waals surface area contributed by atoms with Crippen LogP contribution in [-0.4, -0.2) is 10.1 Å². The van der Waals surface area contributed by atoms with Crippen LogP contribution in [0, 0.1) is 0 Å². The molecule has 138 valence electrons. The molecule has 1 heterocycles. The van der Waals surface area contributed by atoms with Gasteiger partial charge in [-0.25, -0.2) is 0 Å². The predicted octanol–water partition coefficient (Wildman–Crippen LogP) is 5.51. The smallest absolute Gasteiger partial charge is 0.353 e. The van der Waals surface area contributed by atoms with Crippen molar-refractivity contribution in [1.29, 1.82) is 0 Å². The molecule has 0 atom stereocenters. The first-order valence-corrected chi connectivity index (χ1v) is 8.95. The summed E-state index contributed by atoms with van der Waals surface area (Å²) in [4.78, 5) is 4.17. The number of rotatable bonds is 3. The van der Waals surface area contributed by atoms with Gasteiger partial charge in [-0.15, -0.1) is 0 Å². The predicted molar refractivity (Wildman–Crippen MR) is 100 cm³/mol. The topological polar surface area (TPSA) is 37.0 Å². The second kappa shape index (κ2) is 7.40. The Morgan fingerprint density at radius 1 is 1.19 bits per heavy atom. The Balaban J connectivity index is 1.78. The van der Waals surface area contributed by atoms with E-state index in [9.17, 15) is 13.2 Å². The Labute approximate surface area is 160 Å². The van der Waals surface area contributed by atoms with Crippen molar-refractivity contribution in [3.05, 3.63) is 58.9 Å². The fourth-order valence-corrected chi connectivity index (χ4v) is 3.85. The molecule has 0 amide bonds. The van der Waals surface area contributed by atoms with Crippen LogP contribution >= 0.6 is 23.8 Å². The zero-order chi connectivity index (χ0) is 18.8. The molecule has 1 aliphatic rings. The van der Waals surface area contributed by atoms with E-state index in [1.807, 2.05) is 12.1 Å². The van der Waals surface area contributed by atoms with Crippen LogP contribution in [0.4, 0.5) is 18.9 Å². The average Bonchev–Trinajstić information content (AvgIpc) is 3.06. The summed E-state index contributed by atoms with van der Waals surface area (Å²) in [7, 11) is 0. The highest BCUT2D eigenvalue weighted by Gasteiger charge is 2.37. The van der Waals surface area contributed by atoms with Crippen LogP contribution in [0.15, 0.2) is 42.7 Å². The fourth-order valence-electron chi connectivity index (χ4n) is 3.31. The second-order valence-electron chi connectivity index (χ2n) is 6.30. The number of alkyl halides is 3. The quantitative estimate of drug-likeness (QED) is 0.667. The highest BCUT2D eigenvalue weighted by molar-refractivity contribution is 7.80. The van der Waals surface area contributed by atoms with Crippen LogP contribution < -0.4 is 10.6 Å². The molecule has 0 saturated heterocycles. The van der Waals surface area contributed by atoms with E-state index >= 15 is 0 Å². The molecule has 1 aromatic carbocycles. The second-order valence-corrected chi connectivity index (χ2v) is 7.12. The van der Waals surface area contributed by atoms with Gasteiger partial charge < -0.3 is 10.6 Å². The van der Waals surface area contributed by atoms with Crippen LogP contribution in [0.1, 0.15) is 36.8 Å². The Bertz CT molecular complexity index is 790. The third-order valence-corrected chi connectivity index (χ3v) is 5.09. The summed E-state index contributed by atoms with van der Waals surface area (Å²) in [5.74, 6) is 0. The molecule has 1 saturated carbocycles. The van der Waals surface area contributed by atoms with Crippen molar-refractivity contribution in [3.63, 3.8) is 0 Å². The molecule has 3 nitrogen and oxygen atoms in total. The maximum atomic E-state index is 13.0. The molecule has 1 aliphatic carbocycles. The SMILES string of the molecule is FC(F)(F)c1cc(NC(=S)NC2(c3cccnc3)CCCC2)ccc1Cl. The molecular formula is C18H17ClF3N3S. The van der Waals surface area contributed by atoms with Gasteiger partial charge in [0, 0.05) is 18.1 Å². The first-order valence-electron chi connectivity index (χ1n) is 8.17. The molecule has 8 heteroatoms. The summed E-state index contributed by atoms with van der Waals surface area (Å²) in [6, 6.07) is 7.49. The number of pyridine rings is 1. The van der Waals surface area contributed by atoms with E-state index in [4.69, 9.17) is 23.8 Å². The van der Waals surface area contributed by atoms with Gasteiger partial charge in [0.1, 0.15) is 0 Å². The number of hydrogen-bond acceptors (Lipinski definition) is 2. The fraction of sp³-hybridized carbons (Fsp3) is 0.333. The monoisotopic (exact) mass is 399 g/mol. The van der Waals surface area contributed by atoms with E-state index in [0.29, 0.717) is 0 Å². The maximum absolute atomic E-state index is 13.0. The molecule has 3 rings (SSSR count). The number of nitrogens with one attached hydrogen (secondary N) is 2. The zero-order valence-electron chi connectivity index (χ0n) is 13.7. The molecule has 0 unspecified atom stereocenters. The van der Waals surface area contributed by atoms with Crippen molar-refractivity contribution >= 4 is 34.6 Å². The molecule has 26 heavy (non-hydrogen) atoms. The molecule has 0 aliphatic heterocycles. The molecule has 0 spiro atoms. The molecule has 2 aromatic rings. The van der Waals surface area contributed by atoms with Gasteiger partial charge in [-0.3, -0.25) is 4.98 Å². The van der Waals surface area contributed by atoms with E-state index in [1.165, 1.54) is 12.1 Å². The average molecular weight is 400 g/mol. The van der Waals surface area contributed by atoms with Crippen molar-refractivity contribution in [2.24, 2.45) is 0 Å². The van der Waals surface area contributed by atoms with Crippen LogP contribution in [0.5, 0.6) is 0 Å². The normalized spacial score (nSPS) is 16.3. The van der Waals surface area contributed by atoms with Gasteiger partial charge in [0.15, 0.2) is 5.11 Å². The number of benzene rings is 1. The molecule has 0 bridgehead atoms. The number of nitrogens with zero attached hydrogens (tertiary/aromatic N) is 1. The Morgan fingerprint density at radius 2 is 1.92 bits per heavy atom. The third kappa shape index (κ3) is 4.10. The minimum atomic E-state index is -4.52. The van der Waals surface area contributed by atoms with Crippen molar-refractivity contribution < 1.29 is 13.2 Å². The van der Waals surface area contributed by atoms with Gasteiger partial charge in [-0.05, 0) is 54.9 Å². The largest absolute Gasteiger partial charge is 0.417 e. The Kier molecular flexibility index (Phi) is 5.39. The summed E-state index contributed by atoms with van der Waals surface area (Å²) in [5.41, 5.74) is 0.0135. The van der Waals surface area contributed by atoms with E-state index in [0.717, 1.165) is 37.3 Å².